The predicted molar refractivity (Wildman–Crippen MR) is 166 cm³/mol. The lowest BCUT2D eigenvalue weighted by atomic mass is 10.0. The summed E-state index contributed by atoms with van der Waals surface area (Å²) in [5, 5.41) is 14.9. The van der Waals surface area contributed by atoms with Crippen LogP contribution in [0.25, 0.3) is 10.9 Å². The number of carbonyl (C=O) groups is 1. The minimum atomic E-state index is -0.0955. The maximum absolute atomic E-state index is 12.6. The number of carbonyl (C=O) groups excluding carboxylic acids is 1. The first-order valence-electron chi connectivity index (χ1n) is 14.3. The zero-order valence-electron chi connectivity index (χ0n) is 23.0. The van der Waals surface area contributed by atoms with Crippen molar-refractivity contribution < 1.29 is 9.90 Å². The summed E-state index contributed by atoms with van der Waals surface area (Å²) in [6, 6.07) is 33.6. The van der Waals surface area contributed by atoms with Crippen LogP contribution in [0.1, 0.15) is 41.5 Å². The highest BCUT2D eigenvalue weighted by atomic mass is 16.3. The van der Waals surface area contributed by atoms with Gasteiger partial charge in [0.1, 0.15) is 0 Å². The standard InChI is InChI=1S/C35H34N4O2/c40-32(22-25-10-4-1-5-11-25)36-29-18-19-30-31(23-29)38-35(41)33(30)34(27-12-6-2-7-13-27)37-28-16-14-26(15-17-28)24-39-20-8-3-9-21-39/h1-2,4-7,10-19,23,38,41H,3,8-9,20-22,24H2,(H,36,40). The molecule has 1 fully saturated rings. The molecule has 1 aliphatic rings. The van der Waals surface area contributed by atoms with Crippen molar-refractivity contribution in [2.45, 2.75) is 32.2 Å². The number of anilines is 1. The summed E-state index contributed by atoms with van der Waals surface area (Å²) in [6.07, 6.45) is 4.18. The number of aliphatic imine (C=N–C) groups is 1. The summed E-state index contributed by atoms with van der Waals surface area (Å²) in [6.45, 7) is 3.29. The fourth-order valence-corrected chi connectivity index (χ4v) is 5.53. The highest BCUT2D eigenvalue weighted by Crippen LogP contribution is 2.33. The number of aromatic nitrogens is 1. The largest absolute Gasteiger partial charge is 0.494 e. The van der Waals surface area contributed by atoms with Crippen LogP contribution in [0.5, 0.6) is 5.88 Å². The molecule has 1 saturated heterocycles. The van der Waals surface area contributed by atoms with E-state index in [1.54, 1.807) is 0 Å². The molecule has 1 aliphatic heterocycles. The van der Waals surface area contributed by atoms with E-state index in [4.69, 9.17) is 4.99 Å². The zero-order valence-corrected chi connectivity index (χ0v) is 23.0. The number of aromatic hydroxyl groups is 1. The quantitative estimate of drug-likeness (QED) is 0.181. The van der Waals surface area contributed by atoms with Gasteiger partial charge in [0.05, 0.1) is 28.9 Å². The van der Waals surface area contributed by atoms with Gasteiger partial charge >= 0.3 is 0 Å². The van der Waals surface area contributed by atoms with Crippen LogP contribution >= 0.6 is 0 Å². The van der Waals surface area contributed by atoms with Gasteiger partial charge in [-0.25, -0.2) is 4.99 Å². The summed E-state index contributed by atoms with van der Waals surface area (Å²) in [5.74, 6) is -0.0566. The Bertz CT molecular complexity index is 1650. The number of amides is 1. The van der Waals surface area contributed by atoms with Crippen LogP contribution in [-0.4, -0.2) is 39.7 Å². The second-order valence-electron chi connectivity index (χ2n) is 10.6. The summed E-state index contributed by atoms with van der Waals surface area (Å²) in [7, 11) is 0. The molecule has 41 heavy (non-hydrogen) atoms. The maximum atomic E-state index is 12.6. The topological polar surface area (TPSA) is 80.7 Å². The van der Waals surface area contributed by atoms with E-state index in [1.807, 2.05) is 78.9 Å². The molecular formula is C35H34N4O2. The summed E-state index contributed by atoms with van der Waals surface area (Å²) < 4.78 is 0. The van der Waals surface area contributed by atoms with Gasteiger partial charge in [0.2, 0.25) is 5.91 Å². The van der Waals surface area contributed by atoms with Crippen LogP contribution in [0.4, 0.5) is 11.4 Å². The number of fused-ring (bicyclic) bond motifs is 1. The molecule has 0 radical (unpaired) electrons. The molecule has 6 rings (SSSR count). The fraction of sp³-hybridized carbons (Fsp3) is 0.200. The van der Waals surface area contributed by atoms with Crippen molar-refractivity contribution in [3.8, 4) is 5.88 Å². The third kappa shape index (κ3) is 6.39. The zero-order chi connectivity index (χ0) is 28.0. The van der Waals surface area contributed by atoms with E-state index in [2.05, 4.69) is 39.5 Å². The van der Waals surface area contributed by atoms with Gasteiger partial charge in [-0.2, -0.15) is 0 Å². The second kappa shape index (κ2) is 12.2. The molecule has 6 heteroatoms. The van der Waals surface area contributed by atoms with Crippen LogP contribution in [-0.2, 0) is 17.8 Å². The number of aromatic amines is 1. The Morgan fingerprint density at radius 3 is 2.27 bits per heavy atom. The number of H-pyrrole nitrogens is 1. The molecule has 5 aromatic rings. The maximum Gasteiger partial charge on any atom is 0.228 e. The average Bonchev–Trinajstić information content (AvgIpc) is 3.32. The molecule has 0 spiro atoms. The Hall–Kier alpha value is -4.68. The molecule has 0 atom stereocenters. The predicted octanol–water partition coefficient (Wildman–Crippen LogP) is 7.21. The highest BCUT2D eigenvalue weighted by molar-refractivity contribution is 6.22. The molecule has 206 valence electrons. The molecule has 1 aromatic heterocycles. The molecular weight excluding hydrogens is 508 g/mol. The van der Waals surface area contributed by atoms with Crippen molar-refractivity contribution in [1.29, 1.82) is 0 Å². The average molecular weight is 543 g/mol. The number of likely N-dealkylation sites (tertiary alicyclic amines) is 1. The number of piperidine rings is 1. The third-order valence-corrected chi connectivity index (χ3v) is 7.59. The minimum Gasteiger partial charge on any atom is -0.494 e. The highest BCUT2D eigenvalue weighted by Gasteiger charge is 2.19. The molecule has 4 aromatic carbocycles. The Balaban J connectivity index is 1.29. The Morgan fingerprint density at radius 1 is 0.829 bits per heavy atom. The van der Waals surface area contributed by atoms with E-state index in [0.717, 1.165) is 47.4 Å². The van der Waals surface area contributed by atoms with E-state index in [0.29, 0.717) is 23.4 Å². The van der Waals surface area contributed by atoms with E-state index >= 15 is 0 Å². The van der Waals surface area contributed by atoms with Crippen molar-refractivity contribution in [2.24, 2.45) is 4.99 Å². The lowest BCUT2D eigenvalue weighted by Crippen LogP contribution is -2.28. The van der Waals surface area contributed by atoms with Gasteiger partial charge in [0.15, 0.2) is 5.88 Å². The number of rotatable bonds is 8. The third-order valence-electron chi connectivity index (χ3n) is 7.59. The molecule has 0 unspecified atom stereocenters. The lowest BCUT2D eigenvalue weighted by Gasteiger charge is -2.26. The normalized spacial score (nSPS) is 14.3. The lowest BCUT2D eigenvalue weighted by molar-refractivity contribution is -0.115. The monoisotopic (exact) mass is 542 g/mol. The van der Waals surface area contributed by atoms with Gasteiger partial charge in [-0.3, -0.25) is 9.69 Å². The fourth-order valence-electron chi connectivity index (χ4n) is 5.53. The number of benzene rings is 4. The number of hydrogen-bond donors (Lipinski definition) is 3. The Morgan fingerprint density at radius 2 is 1.54 bits per heavy atom. The van der Waals surface area contributed by atoms with Crippen molar-refractivity contribution in [3.63, 3.8) is 0 Å². The molecule has 6 nitrogen and oxygen atoms in total. The van der Waals surface area contributed by atoms with Gasteiger partial charge in [0, 0.05) is 23.2 Å². The van der Waals surface area contributed by atoms with E-state index in [1.165, 1.54) is 24.8 Å². The Kier molecular flexibility index (Phi) is 7.92. The van der Waals surface area contributed by atoms with E-state index in [9.17, 15) is 9.90 Å². The molecule has 0 saturated carbocycles. The van der Waals surface area contributed by atoms with Crippen LogP contribution in [0.3, 0.4) is 0 Å². The van der Waals surface area contributed by atoms with Crippen molar-refractivity contribution in [1.82, 2.24) is 9.88 Å². The van der Waals surface area contributed by atoms with Gasteiger partial charge in [-0.05, 0) is 67.4 Å². The van der Waals surface area contributed by atoms with Crippen LogP contribution in [0.2, 0.25) is 0 Å². The molecule has 2 heterocycles. The van der Waals surface area contributed by atoms with Crippen molar-refractivity contribution in [3.05, 3.63) is 125 Å². The van der Waals surface area contributed by atoms with Crippen LogP contribution in [0.15, 0.2) is 108 Å². The van der Waals surface area contributed by atoms with Gasteiger partial charge < -0.3 is 15.4 Å². The first-order valence-corrected chi connectivity index (χ1v) is 14.3. The van der Waals surface area contributed by atoms with Crippen molar-refractivity contribution >= 4 is 33.9 Å². The molecule has 0 bridgehead atoms. The number of nitrogens with one attached hydrogen (secondary N) is 2. The van der Waals surface area contributed by atoms with E-state index in [-0.39, 0.29) is 11.8 Å². The first kappa shape index (κ1) is 26.5. The SMILES string of the molecule is O=C(Cc1ccccc1)Nc1ccc2c(C(=Nc3ccc(CN4CCCCC4)cc3)c3ccccc3)c(O)[nH]c2c1. The molecule has 3 N–H and O–H groups in total. The van der Waals surface area contributed by atoms with Crippen molar-refractivity contribution in [2.75, 3.05) is 18.4 Å². The van der Waals surface area contributed by atoms with Gasteiger partial charge in [0.25, 0.3) is 0 Å². The summed E-state index contributed by atoms with van der Waals surface area (Å²) >= 11 is 0. The number of hydrogen-bond acceptors (Lipinski definition) is 4. The summed E-state index contributed by atoms with van der Waals surface area (Å²) in [5.41, 5.74) is 6.65. The first-order chi connectivity index (χ1) is 20.1. The molecule has 1 amide bonds. The second-order valence-corrected chi connectivity index (χ2v) is 10.6. The van der Waals surface area contributed by atoms with Gasteiger partial charge in [-0.1, -0.05) is 79.2 Å². The van der Waals surface area contributed by atoms with E-state index < -0.39 is 0 Å². The minimum absolute atomic E-state index is 0.0390. The smallest absolute Gasteiger partial charge is 0.228 e. The van der Waals surface area contributed by atoms with Gasteiger partial charge in [-0.15, -0.1) is 0 Å². The number of nitrogens with zero attached hydrogens (tertiary/aromatic N) is 2. The van der Waals surface area contributed by atoms with Crippen LogP contribution in [0, 0.1) is 0 Å². The summed E-state index contributed by atoms with van der Waals surface area (Å²) in [4.78, 5) is 23.3. The van der Waals surface area contributed by atoms with Crippen LogP contribution < -0.4 is 5.32 Å². The Labute approximate surface area is 240 Å². The molecule has 0 aliphatic carbocycles.